The number of alkyl halides is 12. The molecule has 7 aromatic rings. The summed E-state index contributed by atoms with van der Waals surface area (Å²) < 4.78 is 171. The third-order valence-corrected chi connectivity index (χ3v) is 9.76. The van der Waals surface area contributed by atoms with E-state index in [9.17, 15) is 62.3 Å². The highest BCUT2D eigenvalue weighted by Crippen LogP contribution is 2.48. The Kier molecular flexibility index (Phi) is 8.57. The fourth-order valence-electron chi connectivity index (χ4n) is 7.34. The van der Waals surface area contributed by atoms with E-state index in [0.29, 0.717) is 24.3 Å². The zero-order chi connectivity index (χ0) is 41.7. The Labute approximate surface area is 318 Å². The van der Waals surface area contributed by atoms with Crippen LogP contribution in [0.25, 0.3) is 49.7 Å². The normalized spacial score (nSPS) is 13.9. The van der Waals surface area contributed by atoms with Crippen LogP contribution >= 0.6 is 0 Å². The first-order chi connectivity index (χ1) is 27.1. The second-order valence-corrected chi connectivity index (χ2v) is 13.3. The molecule has 0 unspecified atom stereocenters. The van der Waals surface area contributed by atoms with Gasteiger partial charge in [0.1, 0.15) is 0 Å². The minimum Gasteiger partial charge on any atom is -0.308 e. The van der Waals surface area contributed by atoms with Gasteiger partial charge < -0.3 is 4.57 Å². The molecule has 1 aliphatic rings. The number of para-hydroxylation sites is 1. The van der Waals surface area contributed by atoms with Crippen LogP contribution in [-0.2, 0) is 24.7 Å². The summed E-state index contributed by atoms with van der Waals surface area (Å²) in [6.07, 6.45) is -21.1. The smallest absolute Gasteiger partial charge is 0.308 e. The van der Waals surface area contributed by atoms with E-state index in [1.807, 2.05) is 0 Å². The number of benzene rings is 6. The van der Waals surface area contributed by atoms with Crippen LogP contribution in [0.5, 0.6) is 0 Å². The molecule has 0 N–H and O–H groups in total. The van der Waals surface area contributed by atoms with Crippen LogP contribution in [0, 0.1) is 0 Å². The Morgan fingerprint density at radius 3 is 1.21 bits per heavy atom. The molecule has 0 radical (unpaired) electrons. The highest BCUT2D eigenvalue weighted by Gasteiger charge is 2.41. The molecule has 0 aliphatic carbocycles. The van der Waals surface area contributed by atoms with Crippen LogP contribution in [0.1, 0.15) is 43.0 Å². The fourth-order valence-corrected chi connectivity index (χ4v) is 7.34. The van der Waals surface area contributed by atoms with Crippen molar-refractivity contribution >= 4 is 39.3 Å². The van der Waals surface area contributed by atoms with E-state index in [1.165, 1.54) is 59.2 Å². The molecule has 6 aromatic carbocycles. The number of halogens is 12. The molecule has 0 spiro atoms. The summed E-state index contributed by atoms with van der Waals surface area (Å²) in [4.78, 5) is 28.8. The summed E-state index contributed by atoms with van der Waals surface area (Å²) in [6, 6.07) is 21.2. The van der Waals surface area contributed by atoms with Crippen molar-refractivity contribution in [3.05, 3.63) is 155 Å². The number of anilines is 1. The standard InChI is InChI=1S/C42H20F12N2O2/c43-39(44,45)23-15-21(16-24(19-23)40(46,47)48)28-9-4-12-31-34(28)35-29(22-17-25(41(49,50)51)20-26(18-22)42(52,53)54)10-5-13-32(35)56(31)33-14-6-11-30-36(33)38(58)55(37(30)57)27-7-2-1-3-8-27/h1-20H. The maximum Gasteiger partial charge on any atom is 0.416 e. The minimum atomic E-state index is -5.28. The molecule has 294 valence electrons. The first kappa shape index (κ1) is 38.3. The molecular weight excluding hydrogens is 792 g/mol. The minimum absolute atomic E-state index is 0.0244. The van der Waals surface area contributed by atoms with Gasteiger partial charge in [0.25, 0.3) is 11.8 Å². The average Bonchev–Trinajstić information content (AvgIpc) is 3.64. The molecule has 2 amide bonds. The van der Waals surface area contributed by atoms with E-state index in [1.54, 1.807) is 18.2 Å². The highest BCUT2D eigenvalue weighted by molar-refractivity contribution is 6.36. The number of amides is 2. The van der Waals surface area contributed by atoms with Crippen molar-refractivity contribution in [1.82, 2.24) is 4.57 Å². The van der Waals surface area contributed by atoms with Gasteiger partial charge in [0, 0.05) is 10.8 Å². The summed E-state index contributed by atoms with van der Waals surface area (Å²) in [5.74, 6) is -1.55. The molecule has 1 aliphatic heterocycles. The lowest BCUT2D eigenvalue weighted by Gasteiger charge is -2.16. The molecule has 8 rings (SSSR count). The van der Waals surface area contributed by atoms with Crippen molar-refractivity contribution < 1.29 is 62.3 Å². The number of carbonyl (C=O) groups is 2. The molecule has 1 aromatic heterocycles. The molecule has 58 heavy (non-hydrogen) atoms. The zero-order valence-corrected chi connectivity index (χ0v) is 28.8. The van der Waals surface area contributed by atoms with E-state index in [4.69, 9.17) is 0 Å². The Morgan fingerprint density at radius 2 is 0.793 bits per heavy atom. The third-order valence-electron chi connectivity index (χ3n) is 9.76. The fraction of sp³-hybridized carbons (Fsp3) is 0.0952. The van der Waals surface area contributed by atoms with Crippen molar-refractivity contribution in [1.29, 1.82) is 0 Å². The summed E-state index contributed by atoms with van der Waals surface area (Å²) in [5, 5.41) is -0.360. The highest BCUT2D eigenvalue weighted by atomic mass is 19.4. The number of hydrogen-bond donors (Lipinski definition) is 0. The molecule has 0 bridgehead atoms. The summed E-state index contributed by atoms with van der Waals surface area (Å²) in [5.41, 5.74) is -8.78. The quantitative estimate of drug-likeness (QED) is 0.131. The second kappa shape index (κ2) is 13.0. The van der Waals surface area contributed by atoms with Crippen LogP contribution in [0.3, 0.4) is 0 Å². The van der Waals surface area contributed by atoms with Crippen molar-refractivity contribution in [2.45, 2.75) is 24.7 Å². The van der Waals surface area contributed by atoms with Crippen LogP contribution in [-0.4, -0.2) is 16.4 Å². The van der Waals surface area contributed by atoms with Gasteiger partial charge in [-0.05, 0) is 95.1 Å². The Bertz CT molecular complexity index is 2630. The lowest BCUT2D eigenvalue weighted by molar-refractivity contribution is -0.144. The van der Waals surface area contributed by atoms with Gasteiger partial charge in [-0.25, -0.2) is 4.90 Å². The number of aromatic nitrogens is 1. The van der Waals surface area contributed by atoms with Gasteiger partial charge in [-0.3, -0.25) is 9.59 Å². The number of hydrogen-bond acceptors (Lipinski definition) is 2. The molecule has 4 nitrogen and oxygen atoms in total. The molecule has 0 fully saturated rings. The van der Waals surface area contributed by atoms with Crippen LogP contribution in [0.2, 0.25) is 0 Å². The van der Waals surface area contributed by atoms with Crippen molar-refractivity contribution in [3.8, 4) is 27.9 Å². The Hall–Kier alpha value is -6.58. The predicted molar refractivity (Wildman–Crippen MR) is 189 cm³/mol. The SMILES string of the molecule is O=C1c2cccc(-n3c4cccc(-c5cc(C(F)(F)F)cc(C(F)(F)F)c5)c4c4c(-c5cc(C(F)(F)F)cc(C(F)(F)F)c5)cccc43)c2C(=O)N1c1ccccc1. The Balaban J connectivity index is 1.52. The number of carbonyl (C=O) groups excluding carboxylic acids is 2. The summed E-state index contributed by atoms with van der Waals surface area (Å²) >= 11 is 0. The number of rotatable bonds is 4. The van der Waals surface area contributed by atoms with E-state index in [0.717, 1.165) is 17.0 Å². The third kappa shape index (κ3) is 6.32. The van der Waals surface area contributed by atoms with E-state index in [-0.39, 0.29) is 67.6 Å². The van der Waals surface area contributed by atoms with Gasteiger partial charge in [0.05, 0.1) is 55.8 Å². The largest absolute Gasteiger partial charge is 0.416 e. The van der Waals surface area contributed by atoms with Gasteiger partial charge in [-0.1, -0.05) is 48.5 Å². The van der Waals surface area contributed by atoms with Gasteiger partial charge in [0.15, 0.2) is 0 Å². The number of fused-ring (bicyclic) bond motifs is 4. The van der Waals surface area contributed by atoms with E-state index >= 15 is 0 Å². The van der Waals surface area contributed by atoms with Crippen LogP contribution in [0.4, 0.5) is 58.4 Å². The zero-order valence-electron chi connectivity index (χ0n) is 28.8. The monoisotopic (exact) mass is 812 g/mol. The lowest BCUT2D eigenvalue weighted by Crippen LogP contribution is -2.29. The Morgan fingerprint density at radius 1 is 0.397 bits per heavy atom. The maximum atomic E-state index is 14.2. The number of nitrogens with zero attached hydrogens (tertiary/aromatic N) is 2. The van der Waals surface area contributed by atoms with E-state index < -0.39 is 69.9 Å². The molecule has 16 heteroatoms. The first-order valence-corrected chi connectivity index (χ1v) is 16.9. The average molecular weight is 813 g/mol. The summed E-state index contributed by atoms with van der Waals surface area (Å²) in [7, 11) is 0. The molecular formula is C42H20F12N2O2. The van der Waals surface area contributed by atoms with Crippen molar-refractivity contribution in [3.63, 3.8) is 0 Å². The molecule has 0 saturated heterocycles. The predicted octanol–water partition coefficient (Wildman–Crippen LogP) is 13.0. The topological polar surface area (TPSA) is 42.3 Å². The number of imide groups is 1. The summed E-state index contributed by atoms with van der Waals surface area (Å²) in [6.45, 7) is 0. The van der Waals surface area contributed by atoms with Crippen LogP contribution in [0.15, 0.2) is 121 Å². The van der Waals surface area contributed by atoms with Crippen LogP contribution < -0.4 is 4.90 Å². The van der Waals surface area contributed by atoms with Crippen molar-refractivity contribution in [2.75, 3.05) is 4.90 Å². The van der Waals surface area contributed by atoms with Gasteiger partial charge in [-0.15, -0.1) is 0 Å². The maximum absolute atomic E-state index is 14.2. The van der Waals surface area contributed by atoms with Gasteiger partial charge >= 0.3 is 24.7 Å². The molecule has 0 atom stereocenters. The lowest BCUT2D eigenvalue weighted by atomic mass is 9.91. The molecule has 0 saturated carbocycles. The first-order valence-electron chi connectivity index (χ1n) is 16.9. The second-order valence-electron chi connectivity index (χ2n) is 13.3. The molecule has 2 heterocycles. The van der Waals surface area contributed by atoms with Gasteiger partial charge in [-0.2, -0.15) is 52.7 Å². The van der Waals surface area contributed by atoms with E-state index in [2.05, 4.69) is 0 Å². The van der Waals surface area contributed by atoms with Crippen molar-refractivity contribution in [2.24, 2.45) is 0 Å². The van der Waals surface area contributed by atoms with Gasteiger partial charge in [0.2, 0.25) is 0 Å².